The molecule has 0 heterocycles. The highest BCUT2D eigenvalue weighted by atomic mass is 35.5. The molecule has 0 aliphatic heterocycles. The Morgan fingerprint density at radius 3 is 2.31 bits per heavy atom. The number of thiocarbonyl (C=S) groups is 1. The van der Waals surface area contributed by atoms with Crippen molar-refractivity contribution in [2.24, 2.45) is 0 Å². The zero-order valence-electron chi connectivity index (χ0n) is 6.36. The maximum absolute atomic E-state index is 10.8. The van der Waals surface area contributed by atoms with Crippen molar-refractivity contribution in [3.8, 4) is 5.75 Å². The van der Waals surface area contributed by atoms with Gasteiger partial charge in [0, 0.05) is 5.56 Å². The average Bonchev–Trinajstić information content (AvgIpc) is 2.04. The van der Waals surface area contributed by atoms with Gasteiger partial charge in [0.25, 0.3) is 4.51 Å². The standard InChI is InChI=1S/C8H5ClO2S2/c9-8(13)11-6-3-1-5(2-4-6)7(10)12/h1-4H,(H,10,12). The molecule has 5 heteroatoms. The summed E-state index contributed by atoms with van der Waals surface area (Å²) in [4.78, 5) is 10.8. The summed E-state index contributed by atoms with van der Waals surface area (Å²) in [6.07, 6.45) is 0. The first kappa shape index (κ1) is 10.5. The maximum Gasteiger partial charge on any atom is 0.260 e. The Hall–Kier alpha value is -0.580. The van der Waals surface area contributed by atoms with Crippen molar-refractivity contribution in [2.75, 3.05) is 0 Å². The first-order valence-electron chi connectivity index (χ1n) is 3.30. The molecular formula is C8H5ClO2S2. The third-order valence-electron chi connectivity index (χ3n) is 1.30. The quantitative estimate of drug-likeness (QED) is 0.482. The Labute approximate surface area is 91.3 Å². The third kappa shape index (κ3) is 3.34. The highest BCUT2D eigenvalue weighted by molar-refractivity contribution is 7.97. The first-order valence-corrected chi connectivity index (χ1v) is 4.53. The van der Waals surface area contributed by atoms with Crippen LogP contribution in [0.15, 0.2) is 24.3 Å². The van der Waals surface area contributed by atoms with E-state index >= 15 is 0 Å². The van der Waals surface area contributed by atoms with E-state index in [4.69, 9.17) is 16.3 Å². The van der Waals surface area contributed by atoms with Gasteiger partial charge in [-0.2, -0.15) is 0 Å². The number of carbonyl (C=O) groups excluding carboxylic acids is 1. The number of hydrogen-bond donors (Lipinski definition) is 1. The van der Waals surface area contributed by atoms with Gasteiger partial charge in [-0.25, -0.2) is 0 Å². The molecule has 0 saturated carbocycles. The molecule has 13 heavy (non-hydrogen) atoms. The zero-order chi connectivity index (χ0) is 9.84. The van der Waals surface area contributed by atoms with E-state index in [9.17, 15) is 4.79 Å². The lowest BCUT2D eigenvalue weighted by Gasteiger charge is -2.01. The molecule has 0 aliphatic rings. The van der Waals surface area contributed by atoms with E-state index in [0.717, 1.165) is 0 Å². The van der Waals surface area contributed by atoms with Crippen molar-refractivity contribution >= 4 is 46.1 Å². The van der Waals surface area contributed by atoms with Gasteiger partial charge in [0.1, 0.15) is 5.75 Å². The van der Waals surface area contributed by atoms with E-state index in [-0.39, 0.29) is 9.63 Å². The van der Waals surface area contributed by atoms with Crippen LogP contribution in [0, 0.1) is 0 Å². The van der Waals surface area contributed by atoms with E-state index in [1.807, 2.05) is 0 Å². The highest BCUT2D eigenvalue weighted by Gasteiger charge is 2.00. The number of carbonyl (C=O) groups is 1. The predicted octanol–water partition coefficient (Wildman–Crippen LogP) is 2.66. The van der Waals surface area contributed by atoms with Crippen LogP contribution >= 0.6 is 36.4 Å². The molecule has 1 rings (SSSR count). The lowest BCUT2D eigenvalue weighted by Crippen LogP contribution is -1.96. The summed E-state index contributed by atoms with van der Waals surface area (Å²) in [6.45, 7) is 0. The number of ether oxygens (including phenoxy) is 1. The van der Waals surface area contributed by atoms with Gasteiger partial charge in [-0.15, -0.1) is 12.6 Å². The van der Waals surface area contributed by atoms with Crippen LogP contribution in [0.2, 0.25) is 0 Å². The fourth-order valence-corrected chi connectivity index (χ4v) is 1.09. The van der Waals surface area contributed by atoms with Crippen LogP contribution in [-0.2, 0) is 0 Å². The Morgan fingerprint density at radius 2 is 1.92 bits per heavy atom. The molecule has 0 N–H and O–H groups in total. The molecule has 0 saturated heterocycles. The van der Waals surface area contributed by atoms with Crippen LogP contribution in [0.5, 0.6) is 5.75 Å². The second-order valence-corrected chi connectivity index (χ2v) is 3.51. The van der Waals surface area contributed by atoms with E-state index in [0.29, 0.717) is 11.3 Å². The topological polar surface area (TPSA) is 26.3 Å². The molecule has 68 valence electrons. The molecule has 0 aliphatic carbocycles. The summed E-state index contributed by atoms with van der Waals surface area (Å²) in [5, 5.41) is -0.292. The first-order chi connectivity index (χ1) is 6.09. The Morgan fingerprint density at radius 1 is 1.38 bits per heavy atom. The normalized spacial score (nSPS) is 9.38. The molecule has 0 fully saturated rings. The van der Waals surface area contributed by atoms with Crippen LogP contribution in [0.25, 0.3) is 0 Å². The third-order valence-corrected chi connectivity index (χ3v) is 1.72. The van der Waals surface area contributed by atoms with Crippen LogP contribution in [-0.4, -0.2) is 9.63 Å². The number of rotatable bonds is 2. The van der Waals surface area contributed by atoms with Crippen LogP contribution in [0.3, 0.4) is 0 Å². The van der Waals surface area contributed by atoms with Crippen LogP contribution in [0.4, 0.5) is 0 Å². The Balaban J connectivity index is 2.81. The van der Waals surface area contributed by atoms with Crippen molar-refractivity contribution in [1.29, 1.82) is 0 Å². The highest BCUT2D eigenvalue weighted by Crippen LogP contribution is 2.14. The van der Waals surface area contributed by atoms with Crippen molar-refractivity contribution in [1.82, 2.24) is 0 Å². The monoisotopic (exact) mass is 232 g/mol. The SMILES string of the molecule is O=C(S)c1ccc(OC(=S)Cl)cc1. The average molecular weight is 233 g/mol. The van der Waals surface area contributed by atoms with E-state index in [2.05, 4.69) is 24.8 Å². The minimum absolute atomic E-state index is 0.0787. The summed E-state index contributed by atoms with van der Waals surface area (Å²) in [7, 11) is 0. The van der Waals surface area contributed by atoms with Gasteiger partial charge < -0.3 is 4.74 Å². The molecule has 1 aromatic rings. The fourth-order valence-electron chi connectivity index (χ4n) is 0.758. The van der Waals surface area contributed by atoms with Gasteiger partial charge in [0.05, 0.1) is 0 Å². The second kappa shape index (κ2) is 4.60. The number of hydrogen-bond acceptors (Lipinski definition) is 3. The Kier molecular flexibility index (Phi) is 3.71. The van der Waals surface area contributed by atoms with Crippen molar-refractivity contribution in [2.45, 2.75) is 0 Å². The lowest BCUT2D eigenvalue weighted by atomic mass is 10.2. The van der Waals surface area contributed by atoms with E-state index in [1.54, 1.807) is 24.3 Å². The molecule has 0 bridgehead atoms. The molecule has 2 nitrogen and oxygen atoms in total. The van der Waals surface area contributed by atoms with Gasteiger partial charge in [-0.3, -0.25) is 4.79 Å². The molecule has 0 atom stereocenters. The maximum atomic E-state index is 10.8. The van der Waals surface area contributed by atoms with Gasteiger partial charge in [-0.05, 0) is 48.1 Å². The molecule has 0 amide bonds. The fraction of sp³-hybridized carbons (Fsp3) is 0. The molecular weight excluding hydrogens is 228 g/mol. The summed E-state index contributed by atoms with van der Waals surface area (Å²) in [5.41, 5.74) is 0.496. The van der Waals surface area contributed by atoms with E-state index in [1.165, 1.54) is 0 Å². The summed E-state index contributed by atoms with van der Waals surface area (Å²) < 4.78 is 4.83. The van der Waals surface area contributed by atoms with Gasteiger partial charge in [-0.1, -0.05) is 0 Å². The van der Waals surface area contributed by atoms with Gasteiger partial charge in [0.2, 0.25) is 5.12 Å². The minimum atomic E-state index is -0.292. The molecule has 0 aromatic heterocycles. The lowest BCUT2D eigenvalue weighted by molar-refractivity contribution is 0.109. The Bertz CT molecular complexity index is 335. The summed E-state index contributed by atoms with van der Waals surface area (Å²) >= 11 is 13.5. The van der Waals surface area contributed by atoms with E-state index < -0.39 is 0 Å². The largest absolute Gasteiger partial charge is 0.436 e. The zero-order valence-corrected chi connectivity index (χ0v) is 8.83. The van der Waals surface area contributed by atoms with Crippen LogP contribution in [0.1, 0.15) is 10.4 Å². The second-order valence-electron chi connectivity index (χ2n) is 2.17. The molecule has 1 aromatic carbocycles. The molecule has 0 radical (unpaired) electrons. The van der Waals surface area contributed by atoms with Gasteiger partial charge >= 0.3 is 0 Å². The smallest absolute Gasteiger partial charge is 0.260 e. The number of halogens is 1. The summed E-state index contributed by atoms with van der Waals surface area (Å²) in [5.74, 6) is 0.498. The van der Waals surface area contributed by atoms with Crippen LogP contribution < -0.4 is 4.74 Å². The molecule has 0 unspecified atom stereocenters. The predicted molar refractivity (Wildman–Crippen MR) is 58.8 cm³/mol. The van der Waals surface area contributed by atoms with Crippen molar-refractivity contribution < 1.29 is 9.53 Å². The van der Waals surface area contributed by atoms with Crippen molar-refractivity contribution in [3.63, 3.8) is 0 Å². The number of benzene rings is 1. The molecule has 0 spiro atoms. The minimum Gasteiger partial charge on any atom is -0.436 e. The van der Waals surface area contributed by atoms with Crippen molar-refractivity contribution in [3.05, 3.63) is 29.8 Å². The van der Waals surface area contributed by atoms with Gasteiger partial charge in [0.15, 0.2) is 0 Å². The summed E-state index contributed by atoms with van der Waals surface area (Å²) in [6, 6.07) is 6.36. The number of thiol groups is 1.